The third-order valence-corrected chi connectivity index (χ3v) is 4.64. The van der Waals surface area contributed by atoms with E-state index >= 15 is 0 Å². The van der Waals surface area contributed by atoms with E-state index in [2.05, 4.69) is 0 Å². The minimum Gasteiger partial charge on any atom is -0.369 e. The van der Waals surface area contributed by atoms with Crippen molar-refractivity contribution in [3.05, 3.63) is 33.8 Å². The Morgan fingerprint density at radius 1 is 1.17 bits per heavy atom. The molecule has 1 saturated heterocycles. The predicted molar refractivity (Wildman–Crippen MR) is 90.0 cm³/mol. The van der Waals surface area contributed by atoms with Gasteiger partial charge in [0.05, 0.1) is 15.6 Å². The van der Waals surface area contributed by atoms with Gasteiger partial charge in [0.2, 0.25) is 0 Å². The summed E-state index contributed by atoms with van der Waals surface area (Å²) in [5.41, 5.74) is 0.390. The number of hydrogen-bond acceptors (Lipinski definition) is 3. The molecular formula is C16H20Cl2N2O3. The Morgan fingerprint density at radius 2 is 1.78 bits per heavy atom. The van der Waals surface area contributed by atoms with Gasteiger partial charge in [-0.2, -0.15) is 0 Å². The Labute approximate surface area is 146 Å². The molecule has 0 N–H and O–H groups in total. The first kappa shape index (κ1) is 18.0. The summed E-state index contributed by atoms with van der Waals surface area (Å²) in [6.07, 6.45) is -0.454. The van der Waals surface area contributed by atoms with Gasteiger partial charge in [-0.05, 0) is 26.0 Å². The number of carbonyl (C=O) groups is 2. The van der Waals surface area contributed by atoms with Crippen LogP contribution in [0.5, 0.6) is 0 Å². The van der Waals surface area contributed by atoms with Gasteiger partial charge in [0.1, 0.15) is 6.10 Å². The molecule has 7 heteroatoms. The highest BCUT2D eigenvalue weighted by Crippen LogP contribution is 2.26. The maximum atomic E-state index is 12.5. The molecule has 126 valence electrons. The lowest BCUT2D eigenvalue weighted by Crippen LogP contribution is -2.52. The van der Waals surface area contributed by atoms with Crippen LogP contribution in [0.25, 0.3) is 0 Å². The van der Waals surface area contributed by atoms with Crippen molar-refractivity contribution in [2.24, 2.45) is 0 Å². The maximum Gasteiger partial charge on any atom is 0.255 e. The van der Waals surface area contributed by atoms with Crippen molar-refractivity contribution in [1.82, 2.24) is 9.80 Å². The van der Waals surface area contributed by atoms with Gasteiger partial charge in [0, 0.05) is 32.8 Å². The van der Waals surface area contributed by atoms with Crippen molar-refractivity contribution < 1.29 is 14.3 Å². The van der Waals surface area contributed by atoms with E-state index in [1.807, 2.05) is 6.92 Å². The monoisotopic (exact) mass is 358 g/mol. The molecule has 1 aliphatic rings. The Hall–Kier alpha value is -1.30. The van der Waals surface area contributed by atoms with Gasteiger partial charge in [-0.25, -0.2) is 0 Å². The summed E-state index contributed by atoms with van der Waals surface area (Å²) in [6.45, 7) is 6.00. The summed E-state index contributed by atoms with van der Waals surface area (Å²) < 4.78 is 5.33. The van der Waals surface area contributed by atoms with Crippen LogP contribution in [0.3, 0.4) is 0 Å². The average molecular weight is 359 g/mol. The molecular weight excluding hydrogens is 339 g/mol. The number of nitrogens with zero attached hydrogens (tertiary/aromatic N) is 2. The summed E-state index contributed by atoms with van der Waals surface area (Å²) in [5.74, 6) is -0.206. The highest BCUT2D eigenvalue weighted by atomic mass is 35.5. The lowest BCUT2D eigenvalue weighted by atomic mass is 10.1. The van der Waals surface area contributed by atoms with E-state index in [1.165, 1.54) is 0 Å². The average Bonchev–Trinajstić information content (AvgIpc) is 2.56. The number of carbonyl (C=O) groups excluding carboxylic acids is 2. The second kappa shape index (κ2) is 7.99. The largest absolute Gasteiger partial charge is 0.369 e. The topological polar surface area (TPSA) is 49.9 Å². The van der Waals surface area contributed by atoms with Crippen LogP contribution in [0.2, 0.25) is 10.0 Å². The molecule has 2 rings (SSSR count). The Kier molecular flexibility index (Phi) is 6.27. The van der Waals surface area contributed by atoms with E-state index < -0.39 is 6.10 Å². The van der Waals surface area contributed by atoms with Gasteiger partial charge in [0.25, 0.3) is 11.8 Å². The molecule has 1 atom stereocenters. The number of benzene rings is 1. The molecule has 1 aliphatic heterocycles. The molecule has 0 saturated carbocycles. The van der Waals surface area contributed by atoms with E-state index in [1.54, 1.807) is 34.9 Å². The zero-order valence-corrected chi connectivity index (χ0v) is 14.7. The molecule has 5 nitrogen and oxygen atoms in total. The molecule has 2 amide bonds. The van der Waals surface area contributed by atoms with E-state index in [4.69, 9.17) is 27.9 Å². The summed E-state index contributed by atoms with van der Waals surface area (Å²) >= 11 is 12.1. The second-order valence-electron chi connectivity index (χ2n) is 5.32. The van der Waals surface area contributed by atoms with Crippen molar-refractivity contribution >= 4 is 35.0 Å². The van der Waals surface area contributed by atoms with Crippen molar-refractivity contribution in [3.63, 3.8) is 0 Å². The third kappa shape index (κ3) is 4.16. The van der Waals surface area contributed by atoms with Crippen LogP contribution in [-0.4, -0.2) is 60.5 Å². The predicted octanol–water partition coefficient (Wildman–Crippen LogP) is 2.70. The lowest BCUT2D eigenvalue weighted by Gasteiger charge is -2.36. The SMILES string of the molecule is CCOC(C)C(=O)N1CCN(C(=O)c2cccc(Cl)c2Cl)CC1. The van der Waals surface area contributed by atoms with Gasteiger partial charge in [-0.1, -0.05) is 29.3 Å². The molecule has 1 aromatic carbocycles. The smallest absolute Gasteiger partial charge is 0.255 e. The minimum atomic E-state index is -0.454. The highest BCUT2D eigenvalue weighted by Gasteiger charge is 2.28. The molecule has 23 heavy (non-hydrogen) atoms. The third-order valence-electron chi connectivity index (χ3n) is 3.82. The van der Waals surface area contributed by atoms with Gasteiger partial charge in [-0.15, -0.1) is 0 Å². The summed E-state index contributed by atoms with van der Waals surface area (Å²) in [7, 11) is 0. The number of piperazine rings is 1. The minimum absolute atomic E-state index is 0.0419. The van der Waals surface area contributed by atoms with Gasteiger partial charge in [-0.3, -0.25) is 9.59 Å². The zero-order chi connectivity index (χ0) is 17.0. The van der Waals surface area contributed by atoms with Crippen LogP contribution in [-0.2, 0) is 9.53 Å². The first-order valence-electron chi connectivity index (χ1n) is 7.59. The van der Waals surface area contributed by atoms with Crippen LogP contribution in [0.1, 0.15) is 24.2 Å². The van der Waals surface area contributed by atoms with Crippen molar-refractivity contribution in [2.75, 3.05) is 32.8 Å². The number of hydrogen-bond donors (Lipinski definition) is 0. The van der Waals surface area contributed by atoms with Crippen LogP contribution in [0, 0.1) is 0 Å². The lowest BCUT2D eigenvalue weighted by molar-refractivity contribution is -0.143. The fraction of sp³-hybridized carbons (Fsp3) is 0.500. The van der Waals surface area contributed by atoms with Crippen LogP contribution < -0.4 is 0 Å². The number of rotatable bonds is 4. The molecule has 0 aromatic heterocycles. The molecule has 1 unspecified atom stereocenters. The molecule has 0 spiro atoms. The van der Waals surface area contributed by atoms with Gasteiger partial charge in [0.15, 0.2) is 0 Å². The summed E-state index contributed by atoms with van der Waals surface area (Å²) in [5, 5.41) is 0.625. The molecule has 1 heterocycles. The van der Waals surface area contributed by atoms with Crippen molar-refractivity contribution in [3.8, 4) is 0 Å². The first-order valence-corrected chi connectivity index (χ1v) is 8.35. The Morgan fingerprint density at radius 3 is 2.39 bits per heavy atom. The fourth-order valence-corrected chi connectivity index (χ4v) is 2.93. The van der Waals surface area contributed by atoms with Crippen LogP contribution >= 0.6 is 23.2 Å². The number of ether oxygens (including phenoxy) is 1. The summed E-state index contributed by atoms with van der Waals surface area (Å²) in [4.78, 5) is 28.1. The molecule has 1 aromatic rings. The van der Waals surface area contributed by atoms with E-state index in [0.29, 0.717) is 43.4 Å². The Bertz CT molecular complexity index is 587. The Balaban J connectivity index is 1.97. The van der Waals surface area contributed by atoms with E-state index in [-0.39, 0.29) is 16.8 Å². The van der Waals surface area contributed by atoms with Gasteiger partial charge < -0.3 is 14.5 Å². The molecule has 0 radical (unpaired) electrons. The normalized spacial score (nSPS) is 16.3. The quantitative estimate of drug-likeness (QED) is 0.831. The zero-order valence-electron chi connectivity index (χ0n) is 13.2. The molecule has 0 bridgehead atoms. The highest BCUT2D eigenvalue weighted by molar-refractivity contribution is 6.43. The standard InChI is InChI=1S/C16H20Cl2N2O3/c1-3-23-11(2)15(21)19-7-9-20(10-8-19)16(22)12-5-4-6-13(17)14(12)18/h4-6,11H,3,7-10H2,1-2H3. The fourth-order valence-electron chi connectivity index (χ4n) is 2.55. The molecule has 0 aliphatic carbocycles. The van der Waals surface area contributed by atoms with E-state index in [0.717, 1.165) is 0 Å². The number of amides is 2. The second-order valence-corrected chi connectivity index (χ2v) is 6.10. The maximum absolute atomic E-state index is 12.5. The van der Waals surface area contributed by atoms with Gasteiger partial charge >= 0.3 is 0 Å². The van der Waals surface area contributed by atoms with Crippen LogP contribution in [0.15, 0.2) is 18.2 Å². The van der Waals surface area contributed by atoms with Crippen LogP contribution in [0.4, 0.5) is 0 Å². The van der Waals surface area contributed by atoms with Crippen molar-refractivity contribution in [1.29, 1.82) is 0 Å². The van der Waals surface area contributed by atoms with E-state index in [9.17, 15) is 9.59 Å². The first-order chi connectivity index (χ1) is 11.0. The summed E-state index contributed by atoms with van der Waals surface area (Å²) in [6, 6.07) is 5.00. The number of halogens is 2. The molecule has 1 fully saturated rings. The van der Waals surface area contributed by atoms with Crippen molar-refractivity contribution in [2.45, 2.75) is 20.0 Å².